The second kappa shape index (κ2) is 8.57. The molecule has 1 aromatic carbocycles. The van der Waals surface area contributed by atoms with Gasteiger partial charge in [-0.25, -0.2) is 8.42 Å². The monoisotopic (exact) mass is 471 g/mol. The summed E-state index contributed by atoms with van der Waals surface area (Å²) in [6.45, 7) is 3.37. The van der Waals surface area contributed by atoms with E-state index in [0.29, 0.717) is 25.2 Å². The van der Waals surface area contributed by atoms with Crippen molar-refractivity contribution in [1.29, 1.82) is 0 Å². The molecule has 3 aliphatic rings. The summed E-state index contributed by atoms with van der Waals surface area (Å²) in [6.07, 6.45) is 4.62. The number of nitrogens with zero attached hydrogens (tertiary/aromatic N) is 3. The molecular formula is C23H29N5O4S. The standard InChI is InChI=1S/C23H29N5O4S/c29-21(26-19-14-33(31,32)15-19)20-13-27(12-17-4-2-1-3-5-17)16-23(20)6-8-28(9-7-23)22(30)18-10-24-25-11-18/h1-5,10-11,19-20H,6-9,12-16H2,(H,24,25)(H,26,29). The van der Waals surface area contributed by atoms with Crippen molar-refractivity contribution >= 4 is 21.7 Å². The fourth-order valence-electron chi connectivity index (χ4n) is 5.56. The molecular weight excluding hydrogens is 442 g/mol. The molecule has 3 aliphatic heterocycles. The molecule has 0 radical (unpaired) electrons. The molecule has 1 spiro atoms. The number of likely N-dealkylation sites (tertiary alicyclic amines) is 2. The van der Waals surface area contributed by atoms with Crippen molar-refractivity contribution in [2.75, 3.05) is 37.7 Å². The van der Waals surface area contributed by atoms with E-state index in [1.54, 1.807) is 6.20 Å². The van der Waals surface area contributed by atoms with Crippen molar-refractivity contribution in [1.82, 2.24) is 25.3 Å². The Hall–Kier alpha value is -2.72. The molecule has 4 heterocycles. The topological polar surface area (TPSA) is 115 Å². The molecule has 0 aliphatic carbocycles. The van der Waals surface area contributed by atoms with E-state index < -0.39 is 9.84 Å². The minimum atomic E-state index is -3.00. The van der Waals surface area contributed by atoms with Gasteiger partial charge in [-0.3, -0.25) is 19.6 Å². The van der Waals surface area contributed by atoms with Crippen LogP contribution < -0.4 is 5.32 Å². The van der Waals surface area contributed by atoms with Crippen molar-refractivity contribution in [3.63, 3.8) is 0 Å². The summed E-state index contributed by atoms with van der Waals surface area (Å²) in [5.41, 5.74) is 1.52. The highest BCUT2D eigenvalue weighted by molar-refractivity contribution is 7.92. The van der Waals surface area contributed by atoms with Crippen LogP contribution in [0.15, 0.2) is 42.7 Å². The zero-order valence-electron chi connectivity index (χ0n) is 18.4. The first kappa shape index (κ1) is 22.1. The first-order valence-electron chi connectivity index (χ1n) is 11.4. The van der Waals surface area contributed by atoms with Crippen LogP contribution in [-0.2, 0) is 21.2 Å². The largest absolute Gasteiger partial charge is 0.351 e. The van der Waals surface area contributed by atoms with E-state index in [9.17, 15) is 18.0 Å². The smallest absolute Gasteiger partial charge is 0.257 e. The molecule has 9 nitrogen and oxygen atoms in total. The first-order valence-corrected chi connectivity index (χ1v) is 13.2. The average molecular weight is 472 g/mol. The van der Waals surface area contributed by atoms with Crippen LogP contribution in [0, 0.1) is 11.3 Å². The molecule has 10 heteroatoms. The number of carbonyl (C=O) groups is 2. The van der Waals surface area contributed by atoms with E-state index in [-0.39, 0.29) is 40.7 Å². The van der Waals surface area contributed by atoms with Gasteiger partial charge in [-0.15, -0.1) is 0 Å². The molecule has 5 rings (SSSR count). The first-order chi connectivity index (χ1) is 15.8. The minimum Gasteiger partial charge on any atom is -0.351 e. The number of amides is 2. The van der Waals surface area contributed by atoms with Crippen molar-refractivity contribution in [2.24, 2.45) is 11.3 Å². The zero-order valence-corrected chi connectivity index (χ0v) is 19.3. The van der Waals surface area contributed by atoms with E-state index in [1.165, 1.54) is 11.8 Å². The van der Waals surface area contributed by atoms with E-state index in [1.807, 2.05) is 23.1 Å². The Morgan fingerprint density at radius 2 is 1.88 bits per heavy atom. The van der Waals surface area contributed by atoms with Gasteiger partial charge >= 0.3 is 0 Å². The van der Waals surface area contributed by atoms with Gasteiger partial charge in [0.05, 0.1) is 35.2 Å². The Bertz CT molecular complexity index is 1100. The number of aromatic nitrogens is 2. The fraction of sp³-hybridized carbons (Fsp3) is 0.522. The minimum absolute atomic E-state index is 0.0270. The highest BCUT2D eigenvalue weighted by atomic mass is 32.2. The molecule has 2 N–H and O–H groups in total. The van der Waals surface area contributed by atoms with Gasteiger partial charge in [-0.05, 0) is 23.8 Å². The molecule has 176 valence electrons. The maximum atomic E-state index is 13.3. The summed E-state index contributed by atoms with van der Waals surface area (Å²) < 4.78 is 23.1. The number of hydrogen-bond donors (Lipinski definition) is 2. The predicted molar refractivity (Wildman–Crippen MR) is 122 cm³/mol. The lowest BCUT2D eigenvalue weighted by atomic mass is 9.70. The fourth-order valence-corrected chi connectivity index (χ4v) is 6.85. The molecule has 1 aromatic heterocycles. The SMILES string of the molecule is O=C(NC1CS(=O)(=O)C1)C1CN(Cc2ccccc2)CC12CCN(C(=O)c1cn[nH]c1)CC2. The third-order valence-electron chi connectivity index (χ3n) is 7.33. The number of benzene rings is 1. The summed E-state index contributed by atoms with van der Waals surface area (Å²) in [4.78, 5) is 30.2. The third-order valence-corrected chi connectivity index (χ3v) is 9.15. The third kappa shape index (κ3) is 4.54. The summed E-state index contributed by atoms with van der Waals surface area (Å²) in [5.74, 6) is -0.271. The number of hydrogen-bond acceptors (Lipinski definition) is 6. The van der Waals surface area contributed by atoms with Crippen LogP contribution in [0.4, 0.5) is 0 Å². The average Bonchev–Trinajstić information content (AvgIpc) is 3.42. The molecule has 1 unspecified atom stereocenters. The van der Waals surface area contributed by atoms with Crippen molar-refractivity contribution in [2.45, 2.75) is 25.4 Å². The molecule has 3 fully saturated rings. The lowest BCUT2D eigenvalue weighted by molar-refractivity contribution is -0.129. The second-order valence-corrected chi connectivity index (χ2v) is 11.8. The summed E-state index contributed by atoms with van der Waals surface area (Å²) >= 11 is 0. The molecule has 2 aromatic rings. The number of piperidine rings is 1. The molecule has 1 atom stereocenters. The predicted octanol–water partition coefficient (Wildman–Crippen LogP) is 0.677. The molecule has 2 amide bonds. The number of H-pyrrole nitrogens is 1. The van der Waals surface area contributed by atoms with Crippen LogP contribution in [0.25, 0.3) is 0 Å². The molecule has 0 saturated carbocycles. The number of carbonyl (C=O) groups excluding carboxylic acids is 2. The van der Waals surface area contributed by atoms with Crippen LogP contribution in [0.3, 0.4) is 0 Å². The normalized spacial score (nSPS) is 24.5. The Labute approximate surface area is 193 Å². The van der Waals surface area contributed by atoms with Crippen LogP contribution in [0.2, 0.25) is 0 Å². The highest BCUT2D eigenvalue weighted by Crippen LogP contribution is 2.45. The van der Waals surface area contributed by atoms with Gasteiger partial charge in [-0.2, -0.15) is 5.10 Å². The van der Waals surface area contributed by atoms with Crippen molar-refractivity contribution < 1.29 is 18.0 Å². The van der Waals surface area contributed by atoms with Crippen molar-refractivity contribution in [3.05, 3.63) is 53.9 Å². The lowest BCUT2D eigenvalue weighted by Crippen LogP contribution is -2.56. The summed E-state index contributed by atoms with van der Waals surface area (Å²) in [7, 11) is -3.00. The van der Waals surface area contributed by atoms with Crippen LogP contribution >= 0.6 is 0 Å². The van der Waals surface area contributed by atoms with Crippen LogP contribution in [0.1, 0.15) is 28.8 Å². The van der Waals surface area contributed by atoms with E-state index in [2.05, 4.69) is 32.5 Å². The Morgan fingerprint density at radius 1 is 1.15 bits per heavy atom. The van der Waals surface area contributed by atoms with Crippen molar-refractivity contribution in [3.8, 4) is 0 Å². The second-order valence-electron chi connectivity index (χ2n) is 9.63. The number of aromatic amines is 1. The number of rotatable bonds is 5. The quantitative estimate of drug-likeness (QED) is 0.663. The Kier molecular flexibility index (Phi) is 5.74. The van der Waals surface area contributed by atoms with Gasteiger partial charge in [0.1, 0.15) is 0 Å². The van der Waals surface area contributed by atoms with Gasteiger partial charge in [-0.1, -0.05) is 30.3 Å². The molecule has 0 bridgehead atoms. The van der Waals surface area contributed by atoms with E-state index in [0.717, 1.165) is 25.9 Å². The van der Waals surface area contributed by atoms with Gasteiger partial charge < -0.3 is 10.2 Å². The lowest BCUT2D eigenvalue weighted by Gasteiger charge is -2.42. The molecule has 3 saturated heterocycles. The van der Waals surface area contributed by atoms with Gasteiger partial charge in [0, 0.05) is 38.9 Å². The Balaban J connectivity index is 1.30. The zero-order chi connectivity index (χ0) is 23.1. The summed E-state index contributed by atoms with van der Waals surface area (Å²) in [6, 6.07) is 9.91. The number of nitrogens with one attached hydrogen (secondary N) is 2. The van der Waals surface area contributed by atoms with Crippen LogP contribution in [-0.4, -0.2) is 84.0 Å². The van der Waals surface area contributed by atoms with E-state index >= 15 is 0 Å². The highest BCUT2D eigenvalue weighted by Gasteiger charge is 2.52. The van der Waals surface area contributed by atoms with Crippen LogP contribution in [0.5, 0.6) is 0 Å². The summed E-state index contributed by atoms with van der Waals surface area (Å²) in [5, 5.41) is 9.54. The Morgan fingerprint density at radius 3 is 2.52 bits per heavy atom. The number of sulfone groups is 1. The van der Waals surface area contributed by atoms with Gasteiger partial charge in [0.15, 0.2) is 9.84 Å². The van der Waals surface area contributed by atoms with E-state index in [4.69, 9.17) is 0 Å². The van der Waals surface area contributed by atoms with Gasteiger partial charge in [0.2, 0.25) is 5.91 Å². The molecule has 33 heavy (non-hydrogen) atoms. The maximum absolute atomic E-state index is 13.3. The van der Waals surface area contributed by atoms with Gasteiger partial charge in [0.25, 0.3) is 5.91 Å². The maximum Gasteiger partial charge on any atom is 0.257 e.